The Morgan fingerprint density at radius 2 is 1.78 bits per heavy atom. The number of aromatic nitrogens is 5. The van der Waals surface area contributed by atoms with E-state index in [1.165, 1.54) is 17.3 Å². The highest BCUT2D eigenvalue weighted by molar-refractivity contribution is 7.98. The normalized spacial score (nSPS) is 10.7. The summed E-state index contributed by atoms with van der Waals surface area (Å²) in [5.41, 5.74) is 3.58. The van der Waals surface area contributed by atoms with Crippen LogP contribution in [0.2, 0.25) is 0 Å². The van der Waals surface area contributed by atoms with Gasteiger partial charge in [-0.1, -0.05) is 36.0 Å². The molecule has 32 heavy (non-hydrogen) atoms. The number of aryl methyl sites for hydroxylation is 1. The Kier molecular flexibility index (Phi) is 6.76. The lowest BCUT2D eigenvalue weighted by molar-refractivity contribution is 0.102. The molecule has 0 radical (unpaired) electrons. The number of carbonyl (C=O) groups is 1. The maximum Gasteiger partial charge on any atom is 0.278 e. The molecule has 0 unspecified atom stereocenters. The van der Waals surface area contributed by atoms with E-state index >= 15 is 0 Å². The zero-order chi connectivity index (χ0) is 22.3. The summed E-state index contributed by atoms with van der Waals surface area (Å²) < 4.78 is 6.89. The topological polar surface area (TPSA) is 94.8 Å². The summed E-state index contributed by atoms with van der Waals surface area (Å²) in [6.45, 7) is 2.09. The van der Waals surface area contributed by atoms with Crippen molar-refractivity contribution < 1.29 is 9.53 Å². The summed E-state index contributed by atoms with van der Waals surface area (Å²) in [6, 6.07) is 16.9. The van der Waals surface area contributed by atoms with Gasteiger partial charge < -0.3 is 10.1 Å². The van der Waals surface area contributed by atoms with Gasteiger partial charge in [-0.2, -0.15) is 0 Å². The predicted molar refractivity (Wildman–Crippen MR) is 123 cm³/mol. The van der Waals surface area contributed by atoms with Crippen molar-refractivity contribution in [2.45, 2.75) is 24.3 Å². The van der Waals surface area contributed by atoms with Crippen LogP contribution >= 0.6 is 11.8 Å². The lowest BCUT2D eigenvalue weighted by Gasteiger charge is -2.09. The van der Waals surface area contributed by atoms with Crippen LogP contribution in [0.3, 0.4) is 0 Å². The molecule has 0 aliphatic heterocycles. The lowest BCUT2D eigenvalue weighted by atomic mass is 10.1. The second-order valence-electron chi connectivity index (χ2n) is 6.82. The third kappa shape index (κ3) is 4.94. The van der Waals surface area contributed by atoms with Crippen LogP contribution in [0.4, 0.5) is 5.69 Å². The van der Waals surface area contributed by atoms with Crippen molar-refractivity contribution in [2.24, 2.45) is 0 Å². The fourth-order valence-electron chi connectivity index (χ4n) is 3.05. The Morgan fingerprint density at radius 1 is 1.06 bits per heavy atom. The molecule has 0 bridgehead atoms. The third-order valence-corrected chi connectivity index (χ3v) is 5.68. The number of ether oxygens (including phenoxy) is 1. The van der Waals surface area contributed by atoms with E-state index in [0.717, 1.165) is 17.9 Å². The largest absolute Gasteiger partial charge is 0.497 e. The van der Waals surface area contributed by atoms with Gasteiger partial charge in [0.15, 0.2) is 10.9 Å². The smallest absolute Gasteiger partial charge is 0.278 e. The molecule has 0 fully saturated rings. The van der Waals surface area contributed by atoms with E-state index in [2.05, 4.69) is 32.5 Å². The van der Waals surface area contributed by atoms with Gasteiger partial charge in [-0.25, -0.2) is 14.6 Å². The molecule has 1 amide bonds. The average Bonchev–Trinajstić information content (AvgIpc) is 3.28. The molecule has 0 atom stereocenters. The van der Waals surface area contributed by atoms with Crippen molar-refractivity contribution in [1.82, 2.24) is 25.0 Å². The number of methoxy groups -OCH3 is 1. The quantitative estimate of drug-likeness (QED) is 0.321. The average molecular weight is 447 g/mol. The van der Waals surface area contributed by atoms with Crippen molar-refractivity contribution in [3.05, 3.63) is 83.9 Å². The van der Waals surface area contributed by atoms with Crippen molar-refractivity contribution in [1.29, 1.82) is 0 Å². The van der Waals surface area contributed by atoms with Gasteiger partial charge in [-0.3, -0.25) is 4.79 Å². The molecular weight excluding hydrogens is 424 g/mol. The van der Waals surface area contributed by atoms with Gasteiger partial charge in [0.05, 0.1) is 18.5 Å². The Labute approximate surface area is 190 Å². The minimum Gasteiger partial charge on any atom is -0.497 e. The summed E-state index contributed by atoms with van der Waals surface area (Å²) in [4.78, 5) is 21.6. The number of thioether (sulfide) groups is 1. The first-order valence-corrected chi connectivity index (χ1v) is 11.1. The van der Waals surface area contributed by atoms with Crippen LogP contribution < -0.4 is 10.1 Å². The molecule has 0 aliphatic rings. The maximum absolute atomic E-state index is 13.1. The van der Waals surface area contributed by atoms with E-state index in [4.69, 9.17) is 4.74 Å². The van der Waals surface area contributed by atoms with Gasteiger partial charge in [0.1, 0.15) is 5.75 Å². The van der Waals surface area contributed by atoms with Crippen LogP contribution in [0.5, 0.6) is 5.75 Å². The molecule has 2 heterocycles. The Hall–Kier alpha value is -3.72. The fourth-order valence-corrected chi connectivity index (χ4v) is 3.84. The molecular formula is C23H22N6O2S. The molecule has 2 aromatic heterocycles. The highest BCUT2D eigenvalue weighted by atomic mass is 32.2. The van der Waals surface area contributed by atoms with Crippen molar-refractivity contribution in [3.63, 3.8) is 0 Å². The molecule has 9 heteroatoms. The fraction of sp³-hybridized carbons (Fsp3) is 0.174. The summed E-state index contributed by atoms with van der Waals surface area (Å²) in [7, 11) is 1.61. The number of rotatable bonds is 8. The number of nitrogens with one attached hydrogen (secondary N) is 1. The van der Waals surface area contributed by atoms with Gasteiger partial charge in [-0.05, 0) is 54.4 Å². The van der Waals surface area contributed by atoms with Crippen LogP contribution in [0.1, 0.15) is 28.7 Å². The number of amides is 1. The molecule has 8 nitrogen and oxygen atoms in total. The highest BCUT2D eigenvalue weighted by Gasteiger charge is 2.21. The van der Waals surface area contributed by atoms with Crippen LogP contribution in [0.15, 0.2) is 72.1 Å². The molecule has 0 spiro atoms. The minimum atomic E-state index is -0.321. The lowest BCUT2D eigenvalue weighted by Crippen LogP contribution is -2.15. The van der Waals surface area contributed by atoms with E-state index in [0.29, 0.717) is 22.3 Å². The maximum atomic E-state index is 13.1. The number of nitrogens with zero attached hydrogens (tertiary/aromatic N) is 5. The number of benzene rings is 2. The van der Waals surface area contributed by atoms with Gasteiger partial charge >= 0.3 is 0 Å². The van der Waals surface area contributed by atoms with E-state index in [-0.39, 0.29) is 11.6 Å². The van der Waals surface area contributed by atoms with Gasteiger partial charge in [-0.15, -0.1) is 5.10 Å². The SMILES string of the molecule is CCc1ccc(NC(=O)c2nnn(-c3ccc(OC)cc3)c2CSc2ncccn2)cc1. The zero-order valence-corrected chi connectivity index (χ0v) is 18.5. The van der Waals surface area contributed by atoms with Crippen LogP contribution in [0, 0.1) is 0 Å². The van der Waals surface area contributed by atoms with E-state index in [9.17, 15) is 4.79 Å². The molecule has 2 aromatic carbocycles. The number of hydrogen-bond acceptors (Lipinski definition) is 7. The number of anilines is 1. The first kappa shape index (κ1) is 21.5. The zero-order valence-electron chi connectivity index (χ0n) is 17.7. The third-order valence-electron chi connectivity index (χ3n) is 4.80. The first-order chi connectivity index (χ1) is 15.7. The van der Waals surface area contributed by atoms with Crippen LogP contribution in [0.25, 0.3) is 5.69 Å². The minimum absolute atomic E-state index is 0.254. The van der Waals surface area contributed by atoms with Crippen LogP contribution in [-0.2, 0) is 12.2 Å². The monoisotopic (exact) mass is 446 g/mol. The first-order valence-electron chi connectivity index (χ1n) is 10.1. The summed E-state index contributed by atoms with van der Waals surface area (Å²) in [6.07, 6.45) is 4.30. The van der Waals surface area contributed by atoms with Crippen molar-refractivity contribution >= 4 is 23.4 Å². The Balaban J connectivity index is 1.63. The molecule has 1 N–H and O–H groups in total. The van der Waals surface area contributed by atoms with E-state index in [1.807, 2.05) is 48.5 Å². The molecule has 162 valence electrons. The standard InChI is InChI=1S/C23H22N6O2S/c1-3-16-5-7-17(8-6-16)26-22(30)21-20(15-32-23-24-13-4-14-25-23)29(28-27-21)18-9-11-19(31-2)12-10-18/h4-14H,3,15H2,1-2H3,(H,26,30). The van der Waals surface area contributed by atoms with Gasteiger partial charge in [0.2, 0.25) is 0 Å². The second kappa shape index (κ2) is 10.1. The van der Waals surface area contributed by atoms with E-state index < -0.39 is 0 Å². The highest BCUT2D eigenvalue weighted by Crippen LogP contribution is 2.24. The van der Waals surface area contributed by atoms with Crippen LogP contribution in [-0.4, -0.2) is 38.0 Å². The molecule has 0 saturated carbocycles. The van der Waals surface area contributed by atoms with Crippen molar-refractivity contribution in [2.75, 3.05) is 12.4 Å². The second-order valence-corrected chi connectivity index (χ2v) is 7.76. The summed E-state index contributed by atoms with van der Waals surface area (Å²) in [5, 5.41) is 12.0. The molecule has 0 saturated heterocycles. The summed E-state index contributed by atoms with van der Waals surface area (Å²) in [5.74, 6) is 0.829. The number of carbonyl (C=O) groups excluding carboxylic acids is 1. The predicted octanol–water partition coefficient (Wildman–Crippen LogP) is 4.17. The van der Waals surface area contributed by atoms with Crippen molar-refractivity contribution in [3.8, 4) is 11.4 Å². The Morgan fingerprint density at radius 3 is 2.44 bits per heavy atom. The molecule has 4 rings (SSSR count). The molecule has 4 aromatic rings. The summed E-state index contributed by atoms with van der Waals surface area (Å²) >= 11 is 1.41. The molecule has 0 aliphatic carbocycles. The van der Waals surface area contributed by atoms with Gasteiger partial charge in [0, 0.05) is 23.8 Å². The number of hydrogen-bond donors (Lipinski definition) is 1. The van der Waals surface area contributed by atoms with E-state index in [1.54, 1.807) is 30.3 Å². The Bertz CT molecular complexity index is 1180. The van der Waals surface area contributed by atoms with Gasteiger partial charge in [0.25, 0.3) is 5.91 Å².